The van der Waals surface area contributed by atoms with Crippen LogP contribution in [0.3, 0.4) is 0 Å². The van der Waals surface area contributed by atoms with E-state index >= 15 is 0 Å². The molecule has 1 aromatic rings. The number of imidazole rings is 1. The Morgan fingerprint density at radius 1 is 1.54 bits per heavy atom. The van der Waals surface area contributed by atoms with Crippen molar-refractivity contribution in [2.75, 3.05) is 6.54 Å². The van der Waals surface area contributed by atoms with E-state index in [1.165, 1.54) is 12.1 Å². The number of rotatable bonds is 5. The molecule has 0 aliphatic carbocycles. The molecule has 2 N–H and O–H groups in total. The van der Waals surface area contributed by atoms with E-state index < -0.39 is 0 Å². The summed E-state index contributed by atoms with van der Waals surface area (Å²) < 4.78 is 2.21. The number of hydrogen-bond donors (Lipinski definition) is 1. The van der Waals surface area contributed by atoms with Crippen LogP contribution in [0.1, 0.15) is 38.4 Å². The zero-order chi connectivity index (χ0) is 9.68. The third kappa shape index (κ3) is 2.31. The van der Waals surface area contributed by atoms with Gasteiger partial charge in [-0.3, -0.25) is 0 Å². The maximum atomic E-state index is 5.73. The summed E-state index contributed by atoms with van der Waals surface area (Å²) in [6.07, 6.45) is 7.16. The third-order valence-electron chi connectivity index (χ3n) is 2.40. The van der Waals surface area contributed by atoms with Crippen LogP contribution in [-0.2, 0) is 6.42 Å². The average molecular weight is 181 g/mol. The Bertz CT molecular complexity index is 242. The topological polar surface area (TPSA) is 43.8 Å². The van der Waals surface area contributed by atoms with Gasteiger partial charge in [0.25, 0.3) is 0 Å². The summed E-state index contributed by atoms with van der Waals surface area (Å²) in [5.74, 6) is 0. The van der Waals surface area contributed by atoms with Gasteiger partial charge in [-0.2, -0.15) is 0 Å². The lowest BCUT2D eigenvalue weighted by atomic mass is 10.1. The Morgan fingerprint density at radius 2 is 2.31 bits per heavy atom. The third-order valence-corrected chi connectivity index (χ3v) is 2.40. The van der Waals surface area contributed by atoms with E-state index in [0.717, 1.165) is 12.8 Å². The lowest BCUT2D eigenvalue weighted by molar-refractivity contribution is 0.458. The first-order valence-electron chi connectivity index (χ1n) is 5.04. The van der Waals surface area contributed by atoms with E-state index in [1.807, 2.05) is 12.5 Å². The summed E-state index contributed by atoms with van der Waals surface area (Å²) in [7, 11) is 0. The Labute approximate surface area is 80.0 Å². The number of aryl methyl sites for hydroxylation is 1. The van der Waals surface area contributed by atoms with E-state index in [0.29, 0.717) is 12.6 Å². The lowest BCUT2D eigenvalue weighted by Gasteiger charge is -2.17. The molecule has 74 valence electrons. The fraction of sp³-hybridized carbons (Fsp3) is 0.700. The maximum Gasteiger partial charge on any atom is 0.0951 e. The molecule has 0 spiro atoms. The fourth-order valence-electron chi connectivity index (χ4n) is 1.64. The van der Waals surface area contributed by atoms with E-state index in [9.17, 15) is 0 Å². The first-order chi connectivity index (χ1) is 6.33. The molecule has 0 saturated heterocycles. The molecule has 0 fully saturated rings. The minimum atomic E-state index is 0.433. The molecule has 1 aromatic heterocycles. The highest BCUT2D eigenvalue weighted by atomic mass is 15.1. The molecule has 0 amide bonds. The standard InChI is InChI=1S/C10H19N3/c1-3-5-10(6-11)13-8-12-7-9(13)4-2/h7-8,10H,3-6,11H2,1-2H3. The van der Waals surface area contributed by atoms with Gasteiger partial charge in [-0.15, -0.1) is 0 Å². The molecule has 1 rings (SSSR count). The maximum absolute atomic E-state index is 5.73. The zero-order valence-corrected chi connectivity index (χ0v) is 8.53. The first kappa shape index (κ1) is 10.3. The van der Waals surface area contributed by atoms with E-state index in [1.54, 1.807) is 0 Å². The van der Waals surface area contributed by atoms with Crippen molar-refractivity contribution < 1.29 is 0 Å². The van der Waals surface area contributed by atoms with Gasteiger partial charge in [-0.25, -0.2) is 4.98 Å². The van der Waals surface area contributed by atoms with Crippen molar-refractivity contribution in [2.45, 2.75) is 39.2 Å². The van der Waals surface area contributed by atoms with Crippen LogP contribution in [-0.4, -0.2) is 16.1 Å². The molecule has 1 unspecified atom stereocenters. The minimum absolute atomic E-state index is 0.433. The van der Waals surface area contributed by atoms with Gasteiger partial charge in [0, 0.05) is 24.5 Å². The van der Waals surface area contributed by atoms with Crippen LogP contribution in [0.15, 0.2) is 12.5 Å². The van der Waals surface area contributed by atoms with Crippen molar-refractivity contribution in [3.8, 4) is 0 Å². The molecule has 0 bridgehead atoms. The Balaban J connectivity index is 2.77. The number of nitrogens with two attached hydrogens (primary N) is 1. The summed E-state index contributed by atoms with van der Waals surface area (Å²) in [4.78, 5) is 4.15. The van der Waals surface area contributed by atoms with Gasteiger partial charge >= 0.3 is 0 Å². The minimum Gasteiger partial charge on any atom is -0.330 e. The quantitative estimate of drug-likeness (QED) is 0.752. The number of nitrogens with zero attached hydrogens (tertiary/aromatic N) is 2. The molecular formula is C10H19N3. The molecular weight excluding hydrogens is 162 g/mol. The lowest BCUT2D eigenvalue weighted by Crippen LogP contribution is -2.20. The normalized spacial score (nSPS) is 13.2. The molecule has 3 heteroatoms. The monoisotopic (exact) mass is 181 g/mol. The number of hydrogen-bond acceptors (Lipinski definition) is 2. The van der Waals surface area contributed by atoms with Crippen molar-refractivity contribution in [1.82, 2.24) is 9.55 Å². The van der Waals surface area contributed by atoms with Crippen LogP contribution in [0.4, 0.5) is 0 Å². The summed E-state index contributed by atoms with van der Waals surface area (Å²) in [5, 5.41) is 0. The van der Waals surface area contributed by atoms with Gasteiger partial charge in [0.2, 0.25) is 0 Å². The van der Waals surface area contributed by atoms with Crippen molar-refractivity contribution in [3.05, 3.63) is 18.2 Å². The fourth-order valence-corrected chi connectivity index (χ4v) is 1.64. The molecule has 3 nitrogen and oxygen atoms in total. The van der Waals surface area contributed by atoms with Crippen molar-refractivity contribution >= 4 is 0 Å². The van der Waals surface area contributed by atoms with Gasteiger partial charge in [0.05, 0.1) is 6.33 Å². The van der Waals surface area contributed by atoms with Crippen LogP contribution >= 0.6 is 0 Å². The molecule has 0 aliphatic heterocycles. The molecule has 0 radical (unpaired) electrons. The van der Waals surface area contributed by atoms with Crippen LogP contribution in [0.25, 0.3) is 0 Å². The Morgan fingerprint density at radius 3 is 2.85 bits per heavy atom. The van der Waals surface area contributed by atoms with Gasteiger partial charge in [0.15, 0.2) is 0 Å². The summed E-state index contributed by atoms with van der Waals surface area (Å²) in [6, 6.07) is 0.433. The van der Waals surface area contributed by atoms with Gasteiger partial charge < -0.3 is 10.3 Å². The van der Waals surface area contributed by atoms with Crippen LogP contribution in [0.2, 0.25) is 0 Å². The van der Waals surface area contributed by atoms with E-state index in [2.05, 4.69) is 23.4 Å². The van der Waals surface area contributed by atoms with E-state index in [-0.39, 0.29) is 0 Å². The summed E-state index contributed by atoms with van der Waals surface area (Å²) in [5.41, 5.74) is 7.01. The smallest absolute Gasteiger partial charge is 0.0951 e. The second-order valence-corrected chi connectivity index (χ2v) is 3.32. The van der Waals surface area contributed by atoms with Crippen molar-refractivity contribution in [3.63, 3.8) is 0 Å². The van der Waals surface area contributed by atoms with Gasteiger partial charge in [0.1, 0.15) is 0 Å². The molecule has 1 heterocycles. The highest BCUT2D eigenvalue weighted by Crippen LogP contribution is 2.15. The van der Waals surface area contributed by atoms with Crippen molar-refractivity contribution in [1.29, 1.82) is 0 Å². The highest BCUT2D eigenvalue weighted by Gasteiger charge is 2.10. The summed E-state index contributed by atoms with van der Waals surface area (Å²) >= 11 is 0. The Kier molecular flexibility index (Phi) is 3.96. The summed E-state index contributed by atoms with van der Waals surface area (Å²) in [6.45, 7) is 5.04. The molecule has 1 atom stereocenters. The predicted molar refractivity (Wildman–Crippen MR) is 54.6 cm³/mol. The molecule has 0 saturated carbocycles. The molecule has 13 heavy (non-hydrogen) atoms. The zero-order valence-electron chi connectivity index (χ0n) is 8.53. The first-order valence-corrected chi connectivity index (χ1v) is 5.04. The van der Waals surface area contributed by atoms with Crippen molar-refractivity contribution in [2.24, 2.45) is 5.73 Å². The SMILES string of the molecule is CCCC(CN)n1cncc1CC. The van der Waals surface area contributed by atoms with Crippen LogP contribution < -0.4 is 5.73 Å². The van der Waals surface area contributed by atoms with Gasteiger partial charge in [-0.05, 0) is 12.8 Å². The van der Waals surface area contributed by atoms with Gasteiger partial charge in [-0.1, -0.05) is 20.3 Å². The average Bonchev–Trinajstić information content (AvgIpc) is 2.61. The predicted octanol–water partition coefficient (Wildman–Crippen LogP) is 1.75. The largest absolute Gasteiger partial charge is 0.330 e. The van der Waals surface area contributed by atoms with Crippen LogP contribution in [0, 0.1) is 0 Å². The molecule has 0 aromatic carbocycles. The highest BCUT2D eigenvalue weighted by molar-refractivity contribution is 5.00. The number of aromatic nitrogens is 2. The van der Waals surface area contributed by atoms with E-state index in [4.69, 9.17) is 5.73 Å². The second kappa shape index (κ2) is 5.02. The molecule has 0 aliphatic rings. The van der Waals surface area contributed by atoms with Crippen LogP contribution in [0.5, 0.6) is 0 Å². The Hall–Kier alpha value is -0.830. The second-order valence-electron chi connectivity index (χ2n) is 3.32.